The number of rotatable bonds is 4. The number of nitrogens with zero attached hydrogens (tertiary/aromatic N) is 2. The lowest BCUT2D eigenvalue weighted by molar-refractivity contribution is 0.627. The van der Waals surface area contributed by atoms with E-state index in [1.807, 2.05) is 18.2 Å². The Kier molecular flexibility index (Phi) is 4.41. The molecule has 2 aromatic heterocycles. The van der Waals surface area contributed by atoms with E-state index in [1.165, 1.54) is 35.6 Å². The van der Waals surface area contributed by atoms with Crippen molar-refractivity contribution in [2.45, 2.75) is 0 Å². The third-order valence-electron chi connectivity index (χ3n) is 3.75. The lowest BCUT2D eigenvalue weighted by Gasteiger charge is -2.03. The van der Waals surface area contributed by atoms with Crippen molar-refractivity contribution in [2.75, 3.05) is 5.32 Å². The van der Waals surface area contributed by atoms with E-state index in [0.717, 1.165) is 16.0 Å². The minimum absolute atomic E-state index is 0.298. The van der Waals surface area contributed by atoms with Gasteiger partial charge in [0.05, 0.1) is 10.6 Å². The molecule has 4 rings (SSSR count). The molecular formula is C20H13F2N3S. The summed E-state index contributed by atoms with van der Waals surface area (Å²) in [5.74, 6) is 0.0742. The van der Waals surface area contributed by atoms with Crippen LogP contribution in [0.2, 0.25) is 0 Å². The summed E-state index contributed by atoms with van der Waals surface area (Å²) in [6.07, 6.45) is 1.69. The Morgan fingerprint density at radius 1 is 0.769 bits per heavy atom. The summed E-state index contributed by atoms with van der Waals surface area (Å²) in [5, 5.41) is 3.83. The summed E-state index contributed by atoms with van der Waals surface area (Å²) in [6, 6.07) is 18.0. The molecule has 128 valence electrons. The molecule has 0 aliphatic rings. The number of aromatic nitrogens is 2. The Labute approximate surface area is 153 Å². The zero-order valence-corrected chi connectivity index (χ0v) is 14.3. The zero-order valence-electron chi connectivity index (χ0n) is 13.5. The number of pyridine rings is 1. The summed E-state index contributed by atoms with van der Waals surface area (Å²) >= 11 is 1.43. The smallest absolute Gasteiger partial charge is 0.189 e. The molecule has 0 saturated carbocycles. The van der Waals surface area contributed by atoms with Gasteiger partial charge in [0.2, 0.25) is 0 Å². The van der Waals surface area contributed by atoms with Gasteiger partial charge in [-0.1, -0.05) is 29.5 Å². The third-order valence-corrected chi connectivity index (χ3v) is 4.77. The molecule has 0 unspecified atom stereocenters. The molecule has 3 nitrogen and oxygen atoms in total. The lowest BCUT2D eigenvalue weighted by atomic mass is 10.1. The number of halogens is 2. The highest BCUT2D eigenvalue weighted by molar-refractivity contribution is 7.19. The van der Waals surface area contributed by atoms with E-state index in [4.69, 9.17) is 0 Å². The highest BCUT2D eigenvalue weighted by atomic mass is 32.1. The molecule has 0 spiro atoms. The fourth-order valence-corrected chi connectivity index (χ4v) is 3.52. The second-order valence-corrected chi connectivity index (χ2v) is 6.55. The van der Waals surface area contributed by atoms with Crippen molar-refractivity contribution >= 4 is 22.3 Å². The molecule has 0 fully saturated rings. The molecule has 4 aromatic rings. The van der Waals surface area contributed by atoms with Crippen LogP contribution in [0, 0.1) is 11.6 Å². The van der Waals surface area contributed by atoms with Crippen LogP contribution in [0.4, 0.5) is 19.7 Å². The Morgan fingerprint density at radius 3 is 2.04 bits per heavy atom. The molecule has 2 heterocycles. The van der Waals surface area contributed by atoms with Gasteiger partial charge in [0.25, 0.3) is 0 Å². The van der Waals surface area contributed by atoms with E-state index in [9.17, 15) is 8.78 Å². The minimum atomic E-state index is -0.306. The first-order valence-electron chi connectivity index (χ1n) is 7.90. The summed E-state index contributed by atoms with van der Waals surface area (Å²) < 4.78 is 26.6. The second-order valence-electron chi connectivity index (χ2n) is 5.55. The van der Waals surface area contributed by atoms with Crippen LogP contribution in [-0.2, 0) is 0 Å². The fourth-order valence-electron chi connectivity index (χ4n) is 2.52. The van der Waals surface area contributed by atoms with Crippen molar-refractivity contribution in [2.24, 2.45) is 0 Å². The van der Waals surface area contributed by atoms with Crippen molar-refractivity contribution in [1.82, 2.24) is 9.97 Å². The molecular weight excluding hydrogens is 352 g/mol. The molecule has 0 saturated heterocycles. The molecule has 26 heavy (non-hydrogen) atoms. The number of thiazole rings is 1. The van der Waals surface area contributed by atoms with Crippen molar-refractivity contribution < 1.29 is 8.78 Å². The van der Waals surface area contributed by atoms with Gasteiger partial charge in [-0.3, -0.25) is 0 Å². The predicted octanol–water partition coefficient (Wildman–Crippen LogP) is 5.89. The first kappa shape index (κ1) is 16.4. The number of hydrogen-bond donors (Lipinski definition) is 1. The van der Waals surface area contributed by atoms with Gasteiger partial charge in [0.15, 0.2) is 5.13 Å². The summed E-state index contributed by atoms with van der Waals surface area (Å²) in [5.41, 5.74) is 2.34. The Balaban J connectivity index is 1.79. The van der Waals surface area contributed by atoms with Gasteiger partial charge >= 0.3 is 0 Å². The van der Waals surface area contributed by atoms with Crippen molar-refractivity contribution in [3.63, 3.8) is 0 Å². The van der Waals surface area contributed by atoms with Crippen LogP contribution >= 0.6 is 11.3 Å². The van der Waals surface area contributed by atoms with Crippen LogP contribution in [0.15, 0.2) is 72.9 Å². The molecule has 0 bridgehead atoms. The van der Waals surface area contributed by atoms with Crippen LogP contribution in [0.1, 0.15) is 0 Å². The summed E-state index contributed by atoms with van der Waals surface area (Å²) in [4.78, 5) is 9.76. The van der Waals surface area contributed by atoms with Crippen molar-refractivity contribution in [3.05, 3.63) is 84.6 Å². The first-order chi connectivity index (χ1) is 12.7. The Morgan fingerprint density at radius 2 is 1.42 bits per heavy atom. The summed E-state index contributed by atoms with van der Waals surface area (Å²) in [6.45, 7) is 0. The number of anilines is 2. The average Bonchev–Trinajstić information content (AvgIpc) is 3.07. The van der Waals surface area contributed by atoms with Gasteiger partial charge < -0.3 is 5.32 Å². The van der Waals surface area contributed by atoms with Gasteiger partial charge in [-0.15, -0.1) is 0 Å². The van der Waals surface area contributed by atoms with Crippen molar-refractivity contribution in [3.8, 4) is 21.7 Å². The van der Waals surface area contributed by atoms with Crippen molar-refractivity contribution in [1.29, 1.82) is 0 Å². The molecule has 1 N–H and O–H groups in total. The lowest BCUT2D eigenvalue weighted by Crippen LogP contribution is -1.91. The molecule has 0 atom stereocenters. The van der Waals surface area contributed by atoms with Gasteiger partial charge in [-0.05, 0) is 54.1 Å². The van der Waals surface area contributed by atoms with E-state index in [1.54, 1.807) is 30.5 Å². The van der Waals surface area contributed by atoms with Gasteiger partial charge in [-0.25, -0.2) is 18.7 Å². The van der Waals surface area contributed by atoms with Crippen LogP contribution in [-0.4, -0.2) is 9.97 Å². The summed E-state index contributed by atoms with van der Waals surface area (Å²) in [7, 11) is 0. The van der Waals surface area contributed by atoms with E-state index in [2.05, 4.69) is 15.3 Å². The maximum Gasteiger partial charge on any atom is 0.189 e. The predicted molar refractivity (Wildman–Crippen MR) is 100 cm³/mol. The van der Waals surface area contributed by atoms with Gasteiger partial charge in [0.1, 0.15) is 17.5 Å². The van der Waals surface area contributed by atoms with Gasteiger partial charge in [-0.2, -0.15) is 0 Å². The molecule has 0 amide bonds. The largest absolute Gasteiger partial charge is 0.316 e. The Bertz CT molecular complexity index is 950. The SMILES string of the molecule is Fc1ccc(-c2nc(Nc3ccccn3)sc2-c2ccc(F)cc2)cc1. The van der Waals surface area contributed by atoms with E-state index >= 15 is 0 Å². The maximum atomic E-state index is 13.3. The monoisotopic (exact) mass is 365 g/mol. The molecule has 6 heteroatoms. The highest BCUT2D eigenvalue weighted by Gasteiger charge is 2.15. The number of hydrogen-bond acceptors (Lipinski definition) is 4. The molecule has 0 radical (unpaired) electrons. The zero-order chi connectivity index (χ0) is 17.9. The maximum absolute atomic E-state index is 13.3. The highest BCUT2D eigenvalue weighted by Crippen LogP contribution is 2.39. The molecule has 2 aromatic carbocycles. The standard InChI is InChI=1S/C20H13F2N3S/c21-15-8-4-13(5-9-15)18-19(14-6-10-16(22)11-7-14)26-20(25-18)24-17-3-1-2-12-23-17/h1-12H,(H,23,24,25). The second kappa shape index (κ2) is 7.01. The topological polar surface area (TPSA) is 37.8 Å². The average molecular weight is 365 g/mol. The molecule has 0 aliphatic heterocycles. The number of benzene rings is 2. The van der Waals surface area contributed by atoms with E-state index in [-0.39, 0.29) is 11.6 Å². The molecule has 0 aliphatic carbocycles. The van der Waals surface area contributed by atoms with Gasteiger partial charge in [0, 0.05) is 11.8 Å². The Hall–Kier alpha value is -3.12. The van der Waals surface area contributed by atoms with E-state index < -0.39 is 0 Å². The quantitative estimate of drug-likeness (QED) is 0.490. The van der Waals surface area contributed by atoms with Crippen LogP contribution < -0.4 is 5.32 Å². The first-order valence-corrected chi connectivity index (χ1v) is 8.71. The minimum Gasteiger partial charge on any atom is -0.316 e. The van der Waals surface area contributed by atoms with Crippen LogP contribution in [0.25, 0.3) is 21.7 Å². The third kappa shape index (κ3) is 3.45. The van der Waals surface area contributed by atoms with Crippen LogP contribution in [0.5, 0.6) is 0 Å². The fraction of sp³-hybridized carbons (Fsp3) is 0. The number of nitrogens with one attached hydrogen (secondary N) is 1. The van der Waals surface area contributed by atoms with Crippen LogP contribution in [0.3, 0.4) is 0 Å². The normalized spacial score (nSPS) is 10.7. The van der Waals surface area contributed by atoms with E-state index in [0.29, 0.717) is 16.6 Å².